The summed E-state index contributed by atoms with van der Waals surface area (Å²) in [7, 11) is 1.57. The first-order valence-electron chi connectivity index (χ1n) is 8.16. The Morgan fingerprint density at radius 2 is 2.13 bits per heavy atom. The van der Waals surface area contributed by atoms with Crippen LogP contribution in [0.25, 0.3) is 0 Å². The van der Waals surface area contributed by atoms with Crippen LogP contribution in [-0.4, -0.2) is 50.2 Å². The molecule has 0 spiro atoms. The van der Waals surface area contributed by atoms with Crippen LogP contribution in [-0.2, 0) is 0 Å². The lowest BCUT2D eigenvalue weighted by Gasteiger charge is -2.44. The van der Waals surface area contributed by atoms with Crippen molar-refractivity contribution in [3.63, 3.8) is 0 Å². The van der Waals surface area contributed by atoms with Crippen LogP contribution in [0.1, 0.15) is 30.1 Å². The van der Waals surface area contributed by atoms with Gasteiger partial charge in [-0.05, 0) is 50.9 Å². The van der Waals surface area contributed by atoms with Crippen molar-refractivity contribution in [3.05, 3.63) is 22.2 Å². The summed E-state index contributed by atoms with van der Waals surface area (Å²) in [6, 6.07) is 3.84. The van der Waals surface area contributed by atoms with Gasteiger partial charge in [0.15, 0.2) is 11.5 Å². The molecule has 5 nitrogen and oxygen atoms in total. The second-order valence-electron chi connectivity index (χ2n) is 6.14. The summed E-state index contributed by atoms with van der Waals surface area (Å²) in [6.45, 7) is 5.70. The molecule has 1 N–H and O–H groups in total. The van der Waals surface area contributed by atoms with Gasteiger partial charge in [0.05, 0.1) is 19.3 Å². The fourth-order valence-corrected chi connectivity index (χ4v) is 4.02. The number of hydrogen-bond donors (Lipinski definition) is 1. The molecule has 1 aromatic rings. The molecule has 1 atom stereocenters. The van der Waals surface area contributed by atoms with Gasteiger partial charge >= 0.3 is 0 Å². The lowest BCUT2D eigenvalue weighted by molar-refractivity contribution is 0.0618. The number of carbonyl (C=O) groups is 1. The highest BCUT2D eigenvalue weighted by molar-refractivity contribution is 9.10. The topological polar surface area (TPSA) is 50.8 Å². The Balaban J connectivity index is 1.81. The molecule has 0 radical (unpaired) electrons. The van der Waals surface area contributed by atoms with Gasteiger partial charge in [0.25, 0.3) is 5.91 Å². The third-order valence-electron chi connectivity index (χ3n) is 4.74. The van der Waals surface area contributed by atoms with Crippen molar-refractivity contribution in [3.8, 4) is 11.5 Å². The first-order valence-corrected chi connectivity index (χ1v) is 8.95. The zero-order chi connectivity index (χ0) is 16.4. The number of carbonyl (C=O) groups excluding carboxylic acids is 1. The van der Waals surface area contributed by atoms with Crippen LogP contribution in [0.5, 0.6) is 11.5 Å². The number of hydrogen-bond acceptors (Lipinski definition) is 4. The van der Waals surface area contributed by atoms with E-state index in [1.807, 2.05) is 13.0 Å². The molecule has 0 saturated carbocycles. The van der Waals surface area contributed by atoms with E-state index in [1.165, 1.54) is 12.8 Å². The molecule has 3 aliphatic heterocycles. The molecule has 1 aromatic carbocycles. The Hall–Kier alpha value is -1.27. The highest BCUT2D eigenvalue weighted by atomic mass is 79.9. The van der Waals surface area contributed by atoms with Crippen molar-refractivity contribution in [2.75, 3.05) is 33.4 Å². The number of nitrogens with zero attached hydrogens (tertiary/aromatic N) is 1. The van der Waals surface area contributed by atoms with Crippen LogP contribution >= 0.6 is 15.9 Å². The molecule has 0 aromatic heterocycles. The van der Waals surface area contributed by atoms with E-state index in [1.54, 1.807) is 13.2 Å². The van der Waals surface area contributed by atoms with E-state index in [4.69, 9.17) is 9.47 Å². The summed E-state index contributed by atoms with van der Waals surface area (Å²) in [4.78, 5) is 15.2. The molecule has 0 unspecified atom stereocenters. The summed E-state index contributed by atoms with van der Waals surface area (Å²) in [5.74, 6) is 1.58. The van der Waals surface area contributed by atoms with Gasteiger partial charge < -0.3 is 19.7 Å². The standard InChI is InChI=1S/C17H23BrN2O3/c1-3-23-15-9-12(18)8-13(16(15)22-2)17(21)19-14-10-20-6-4-11(14)5-7-20/h8-9,11,14H,3-7,10H2,1-2H3,(H,19,21)/t14-/m1/s1. The number of nitrogens with one attached hydrogen (secondary N) is 1. The minimum Gasteiger partial charge on any atom is -0.492 e. The predicted octanol–water partition coefficient (Wildman–Crippen LogP) is 2.68. The summed E-state index contributed by atoms with van der Waals surface area (Å²) >= 11 is 3.45. The highest BCUT2D eigenvalue weighted by Gasteiger charge is 2.35. The van der Waals surface area contributed by atoms with E-state index in [2.05, 4.69) is 26.1 Å². The van der Waals surface area contributed by atoms with E-state index in [0.717, 1.165) is 24.1 Å². The molecule has 3 aliphatic rings. The quantitative estimate of drug-likeness (QED) is 0.850. The maximum Gasteiger partial charge on any atom is 0.255 e. The van der Waals surface area contributed by atoms with Gasteiger partial charge in [-0.3, -0.25) is 4.79 Å². The molecular formula is C17H23BrN2O3. The van der Waals surface area contributed by atoms with E-state index in [9.17, 15) is 4.79 Å². The smallest absolute Gasteiger partial charge is 0.255 e. The van der Waals surface area contributed by atoms with Crippen molar-refractivity contribution >= 4 is 21.8 Å². The number of methoxy groups -OCH3 is 1. The normalized spacial score (nSPS) is 26.0. The fourth-order valence-electron chi connectivity index (χ4n) is 3.59. The molecule has 3 heterocycles. The van der Waals surface area contributed by atoms with Crippen LogP contribution < -0.4 is 14.8 Å². The average molecular weight is 383 g/mol. The van der Waals surface area contributed by atoms with Crippen LogP contribution in [0.3, 0.4) is 0 Å². The maximum absolute atomic E-state index is 12.8. The van der Waals surface area contributed by atoms with Gasteiger partial charge in [-0.2, -0.15) is 0 Å². The van der Waals surface area contributed by atoms with Gasteiger partial charge in [-0.1, -0.05) is 15.9 Å². The minimum atomic E-state index is -0.0946. The Bertz CT molecular complexity index is 585. The number of halogens is 1. The van der Waals surface area contributed by atoms with Crippen molar-refractivity contribution < 1.29 is 14.3 Å². The summed E-state index contributed by atoms with van der Waals surface area (Å²) in [5.41, 5.74) is 0.516. The first-order chi connectivity index (χ1) is 11.1. The van der Waals surface area contributed by atoms with Crippen molar-refractivity contribution in [1.82, 2.24) is 10.2 Å². The van der Waals surface area contributed by atoms with Gasteiger partial charge in [-0.25, -0.2) is 0 Å². The Morgan fingerprint density at radius 3 is 2.70 bits per heavy atom. The second kappa shape index (κ2) is 7.09. The lowest BCUT2D eigenvalue weighted by atomic mass is 9.84. The summed E-state index contributed by atoms with van der Waals surface area (Å²) < 4.78 is 11.8. The van der Waals surface area contributed by atoms with E-state index in [0.29, 0.717) is 29.6 Å². The first kappa shape index (κ1) is 16.6. The number of amides is 1. The second-order valence-corrected chi connectivity index (χ2v) is 7.05. The van der Waals surface area contributed by atoms with Gasteiger partial charge in [0.1, 0.15) is 0 Å². The molecule has 1 amide bonds. The largest absolute Gasteiger partial charge is 0.492 e. The third kappa shape index (κ3) is 3.48. The molecule has 3 saturated heterocycles. The molecule has 2 bridgehead atoms. The molecule has 3 fully saturated rings. The maximum atomic E-state index is 12.8. The van der Waals surface area contributed by atoms with E-state index >= 15 is 0 Å². The molecule has 4 rings (SSSR count). The Kier molecular flexibility index (Phi) is 5.11. The van der Waals surface area contributed by atoms with Crippen LogP contribution in [0.2, 0.25) is 0 Å². The highest BCUT2D eigenvalue weighted by Crippen LogP contribution is 2.35. The van der Waals surface area contributed by atoms with Crippen LogP contribution in [0.15, 0.2) is 16.6 Å². The van der Waals surface area contributed by atoms with E-state index in [-0.39, 0.29) is 11.9 Å². The predicted molar refractivity (Wildman–Crippen MR) is 92.3 cm³/mol. The molecular weight excluding hydrogens is 360 g/mol. The van der Waals surface area contributed by atoms with E-state index < -0.39 is 0 Å². The molecule has 0 aliphatic carbocycles. The third-order valence-corrected chi connectivity index (χ3v) is 5.20. The van der Waals surface area contributed by atoms with Crippen LogP contribution in [0.4, 0.5) is 0 Å². The van der Waals surface area contributed by atoms with Crippen molar-refractivity contribution in [2.24, 2.45) is 5.92 Å². The molecule has 23 heavy (non-hydrogen) atoms. The Morgan fingerprint density at radius 1 is 1.39 bits per heavy atom. The van der Waals surface area contributed by atoms with Crippen LogP contribution in [0, 0.1) is 5.92 Å². The average Bonchev–Trinajstić information content (AvgIpc) is 2.56. The minimum absolute atomic E-state index is 0.0946. The summed E-state index contributed by atoms with van der Waals surface area (Å²) in [6.07, 6.45) is 2.34. The number of rotatable bonds is 5. The van der Waals surface area contributed by atoms with Crippen molar-refractivity contribution in [1.29, 1.82) is 0 Å². The van der Waals surface area contributed by atoms with Crippen molar-refractivity contribution in [2.45, 2.75) is 25.8 Å². The fraction of sp³-hybridized carbons (Fsp3) is 0.588. The van der Waals surface area contributed by atoms with Gasteiger partial charge in [-0.15, -0.1) is 0 Å². The number of benzene rings is 1. The number of ether oxygens (including phenoxy) is 2. The molecule has 126 valence electrons. The monoisotopic (exact) mass is 382 g/mol. The Labute approximate surface area is 145 Å². The SMILES string of the molecule is CCOc1cc(Br)cc(C(=O)N[C@@H]2CN3CCC2CC3)c1OC. The lowest BCUT2D eigenvalue weighted by Crippen LogP contribution is -2.57. The van der Waals surface area contributed by atoms with Gasteiger partial charge in [0, 0.05) is 17.1 Å². The number of fused-ring (bicyclic) bond motifs is 3. The zero-order valence-electron chi connectivity index (χ0n) is 13.6. The number of piperidine rings is 3. The summed E-state index contributed by atoms with van der Waals surface area (Å²) in [5, 5.41) is 3.20. The molecule has 6 heteroatoms. The zero-order valence-corrected chi connectivity index (χ0v) is 15.2. The van der Waals surface area contributed by atoms with Gasteiger partial charge in [0.2, 0.25) is 0 Å².